The first-order valence-corrected chi connectivity index (χ1v) is 10.5. The van der Waals surface area contributed by atoms with E-state index in [4.69, 9.17) is 0 Å². The molecular weight excluding hydrogens is 402 g/mol. The van der Waals surface area contributed by atoms with Gasteiger partial charge in [-0.15, -0.1) is 11.3 Å². The lowest BCUT2D eigenvalue weighted by atomic mass is 10.1. The highest BCUT2D eigenvalue weighted by molar-refractivity contribution is 7.19. The van der Waals surface area contributed by atoms with Crippen LogP contribution in [0.4, 0.5) is 0 Å². The van der Waals surface area contributed by atoms with Crippen LogP contribution < -0.4 is 4.57 Å². The highest BCUT2D eigenvalue weighted by Gasteiger charge is 2.21. The largest absolute Gasteiger partial charge is 0.315 e. The Balaban J connectivity index is 1.73. The van der Waals surface area contributed by atoms with Crippen molar-refractivity contribution in [1.82, 2.24) is 9.38 Å². The van der Waals surface area contributed by atoms with Crippen molar-refractivity contribution in [3.63, 3.8) is 0 Å². The van der Waals surface area contributed by atoms with E-state index >= 15 is 0 Å². The molecule has 146 valence electrons. The van der Waals surface area contributed by atoms with E-state index in [0.717, 1.165) is 27.0 Å². The zero-order valence-corrected chi connectivity index (χ0v) is 17.3. The van der Waals surface area contributed by atoms with Gasteiger partial charge >= 0.3 is 0 Å². The lowest BCUT2D eigenvalue weighted by Crippen LogP contribution is -2.33. The van der Waals surface area contributed by atoms with Gasteiger partial charge in [-0.2, -0.15) is 10.5 Å². The fourth-order valence-corrected chi connectivity index (χ4v) is 4.65. The summed E-state index contributed by atoms with van der Waals surface area (Å²) >= 11 is 1.50. The molecule has 4 aromatic heterocycles. The third-order valence-electron chi connectivity index (χ3n) is 5.14. The molecule has 31 heavy (non-hydrogen) atoms. The van der Waals surface area contributed by atoms with E-state index in [1.165, 1.54) is 11.3 Å². The van der Waals surface area contributed by atoms with Crippen LogP contribution in [0.25, 0.3) is 27.4 Å². The van der Waals surface area contributed by atoms with Crippen LogP contribution in [0, 0.1) is 22.7 Å². The first-order valence-electron chi connectivity index (χ1n) is 9.72. The van der Waals surface area contributed by atoms with Crippen molar-refractivity contribution in [2.24, 2.45) is 0 Å². The minimum absolute atomic E-state index is 0.480. The second-order valence-electron chi connectivity index (χ2n) is 7.01. The molecule has 0 bridgehead atoms. The SMILES string of the molecule is N#C/C(=C\c1c(C[n+]2ccccc2)c(C#N)c2ccccn12)c1nc2ccccc2s1. The van der Waals surface area contributed by atoms with Gasteiger partial charge < -0.3 is 4.40 Å². The molecular formula is C25H16N5S+. The third-order valence-corrected chi connectivity index (χ3v) is 6.21. The summed E-state index contributed by atoms with van der Waals surface area (Å²) in [6.07, 6.45) is 7.71. The first-order chi connectivity index (χ1) is 15.3. The Morgan fingerprint density at radius 3 is 2.61 bits per heavy atom. The number of thiazole rings is 1. The van der Waals surface area contributed by atoms with Crippen LogP contribution in [0.1, 0.15) is 21.8 Å². The van der Waals surface area contributed by atoms with Gasteiger partial charge in [0.15, 0.2) is 18.9 Å². The van der Waals surface area contributed by atoms with Crippen LogP contribution >= 0.6 is 11.3 Å². The van der Waals surface area contributed by atoms with E-state index in [9.17, 15) is 10.5 Å². The lowest BCUT2D eigenvalue weighted by molar-refractivity contribution is -0.688. The summed E-state index contributed by atoms with van der Waals surface area (Å²) in [5.74, 6) is 0. The van der Waals surface area contributed by atoms with Crippen molar-refractivity contribution >= 4 is 38.7 Å². The minimum atomic E-state index is 0.480. The zero-order valence-electron chi connectivity index (χ0n) is 16.4. The van der Waals surface area contributed by atoms with E-state index in [0.29, 0.717) is 22.7 Å². The number of aromatic nitrogens is 3. The Morgan fingerprint density at radius 1 is 1.03 bits per heavy atom. The van der Waals surface area contributed by atoms with Gasteiger partial charge in [0, 0.05) is 18.3 Å². The van der Waals surface area contributed by atoms with Crippen LogP contribution in [0.15, 0.2) is 79.3 Å². The molecule has 5 nitrogen and oxygen atoms in total. The van der Waals surface area contributed by atoms with E-state index in [1.54, 1.807) is 0 Å². The van der Waals surface area contributed by atoms with Crippen LogP contribution in [0.5, 0.6) is 0 Å². The van der Waals surface area contributed by atoms with Gasteiger partial charge in [0.05, 0.1) is 38.1 Å². The molecule has 0 atom stereocenters. The highest BCUT2D eigenvalue weighted by Crippen LogP contribution is 2.31. The van der Waals surface area contributed by atoms with Gasteiger partial charge in [-0.1, -0.05) is 24.3 Å². The smallest absolute Gasteiger partial charge is 0.177 e. The van der Waals surface area contributed by atoms with Crippen molar-refractivity contribution in [1.29, 1.82) is 10.5 Å². The van der Waals surface area contributed by atoms with Gasteiger partial charge in [0.25, 0.3) is 0 Å². The summed E-state index contributed by atoms with van der Waals surface area (Å²) in [6.45, 7) is 0.524. The number of nitriles is 2. The molecule has 1 aromatic carbocycles. The van der Waals surface area contributed by atoms with Gasteiger partial charge in [0.1, 0.15) is 17.1 Å². The minimum Gasteiger partial charge on any atom is -0.315 e. The maximum absolute atomic E-state index is 9.95. The van der Waals surface area contributed by atoms with Gasteiger partial charge in [-0.05, 0) is 30.3 Å². The Hall–Kier alpha value is -4.26. The van der Waals surface area contributed by atoms with E-state index in [1.807, 2.05) is 94.3 Å². The summed E-state index contributed by atoms with van der Waals surface area (Å²) in [4.78, 5) is 4.65. The van der Waals surface area contributed by atoms with Crippen molar-refractivity contribution in [2.75, 3.05) is 0 Å². The highest BCUT2D eigenvalue weighted by atomic mass is 32.1. The Morgan fingerprint density at radius 2 is 1.84 bits per heavy atom. The molecule has 5 aromatic rings. The second-order valence-corrected chi connectivity index (χ2v) is 8.04. The molecule has 0 aliphatic heterocycles. The van der Waals surface area contributed by atoms with Crippen molar-refractivity contribution in [3.8, 4) is 12.1 Å². The summed E-state index contributed by atoms with van der Waals surface area (Å²) in [7, 11) is 0. The lowest BCUT2D eigenvalue weighted by Gasteiger charge is -2.02. The maximum atomic E-state index is 9.95. The number of hydrogen-bond donors (Lipinski definition) is 0. The number of rotatable bonds is 4. The number of hydrogen-bond acceptors (Lipinski definition) is 4. The van der Waals surface area contributed by atoms with Crippen LogP contribution in [-0.4, -0.2) is 9.38 Å². The fraction of sp³-hybridized carbons (Fsp3) is 0.0400. The third kappa shape index (κ3) is 3.36. The monoisotopic (exact) mass is 418 g/mol. The molecule has 6 heteroatoms. The summed E-state index contributed by atoms with van der Waals surface area (Å²) in [6, 6.07) is 24.2. The molecule has 0 aliphatic rings. The normalized spacial score (nSPS) is 11.5. The van der Waals surface area contributed by atoms with E-state index in [-0.39, 0.29) is 0 Å². The zero-order chi connectivity index (χ0) is 21.2. The molecule has 0 saturated carbocycles. The summed E-state index contributed by atoms with van der Waals surface area (Å²) in [5.41, 5.74) is 4.49. The quantitative estimate of drug-likeness (QED) is 0.310. The average molecular weight is 419 g/mol. The van der Waals surface area contributed by atoms with Gasteiger partial charge in [-0.3, -0.25) is 0 Å². The van der Waals surface area contributed by atoms with Gasteiger partial charge in [-0.25, -0.2) is 9.55 Å². The molecule has 0 amide bonds. The maximum Gasteiger partial charge on any atom is 0.177 e. The number of benzene rings is 1. The Kier molecular flexibility index (Phi) is 4.76. The summed E-state index contributed by atoms with van der Waals surface area (Å²) < 4.78 is 5.04. The molecule has 0 N–H and O–H groups in total. The molecule has 0 radical (unpaired) electrons. The molecule has 0 unspecified atom stereocenters. The Labute approximate surface area is 183 Å². The number of fused-ring (bicyclic) bond motifs is 2. The second kappa shape index (κ2) is 7.87. The molecule has 0 aliphatic carbocycles. The molecule has 0 saturated heterocycles. The standard InChI is InChI=1S/C25H16N5S/c26-15-18(25-28-21-8-2-3-10-24(21)31-25)14-23-20(17-29-11-5-1-6-12-29)19(16-27)22-9-4-7-13-30(22)23/h1-14H,17H2/q+1/b18-14+. The topological polar surface area (TPSA) is 68.8 Å². The Bertz CT molecular complexity index is 1490. The number of allylic oxidation sites excluding steroid dienone is 1. The average Bonchev–Trinajstić information content (AvgIpc) is 3.37. The van der Waals surface area contributed by atoms with Crippen molar-refractivity contribution in [3.05, 3.63) is 101 Å². The number of pyridine rings is 2. The number of nitrogens with zero attached hydrogens (tertiary/aromatic N) is 5. The van der Waals surface area contributed by atoms with Crippen LogP contribution in [0.3, 0.4) is 0 Å². The molecule has 4 heterocycles. The van der Waals surface area contributed by atoms with Crippen molar-refractivity contribution in [2.45, 2.75) is 6.54 Å². The molecule has 0 spiro atoms. The van der Waals surface area contributed by atoms with Crippen LogP contribution in [-0.2, 0) is 6.54 Å². The predicted octanol–water partition coefficient (Wildman–Crippen LogP) is 4.82. The summed E-state index contributed by atoms with van der Waals surface area (Å²) in [5, 5.41) is 20.6. The van der Waals surface area contributed by atoms with Gasteiger partial charge in [0.2, 0.25) is 0 Å². The molecule has 0 fully saturated rings. The van der Waals surface area contributed by atoms with E-state index < -0.39 is 0 Å². The predicted molar refractivity (Wildman–Crippen MR) is 121 cm³/mol. The van der Waals surface area contributed by atoms with Crippen molar-refractivity contribution < 1.29 is 4.57 Å². The number of para-hydroxylation sites is 1. The molecule has 5 rings (SSSR count). The first kappa shape index (κ1) is 18.7. The van der Waals surface area contributed by atoms with Crippen LogP contribution in [0.2, 0.25) is 0 Å². The van der Waals surface area contributed by atoms with E-state index in [2.05, 4.69) is 17.1 Å². The fourth-order valence-electron chi connectivity index (χ4n) is 3.71.